The van der Waals surface area contributed by atoms with Crippen molar-refractivity contribution in [1.82, 2.24) is 16.0 Å². The Morgan fingerprint density at radius 3 is 1.71 bits per heavy atom. The van der Waals surface area contributed by atoms with Gasteiger partial charge in [0.15, 0.2) is 0 Å². The normalized spacial score (nSPS) is 14.0. The van der Waals surface area contributed by atoms with Crippen molar-refractivity contribution in [3.8, 4) is 0 Å². The fraction of sp³-hybridized carbons (Fsp3) is 0.632. The van der Waals surface area contributed by atoms with E-state index >= 15 is 0 Å². The number of aliphatic carboxylic acids is 2. The second-order valence-electron chi connectivity index (χ2n) is 7.69. The molecule has 0 aliphatic carbocycles. The summed E-state index contributed by atoms with van der Waals surface area (Å²) >= 11 is 0. The number of hydrogen-bond acceptors (Lipinski definition) is 9. The largest absolute Gasteiger partial charge is 0.481 e. The molecule has 0 bridgehead atoms. The lowest BCUT2D eigenvalue weighted by Crippen LogP contribution is -2.57. The maximum absolute atomic E-state index is 12.8. The standard InChI is InChI=1S/C19H33N7O9/c20-6-2-1-3-10(17(32)26-12(19(34)35)8-15(29)30)24-18(33)11(7-14(23)28)25-16(31)9(21)4-5-13(22)27/h9-12H,1-8,20-21H2,(H2,22,27)(H2,23,28)(H,24,33)(H,25,31)(H,26,32)(H,29,30)(H,34,35). The highest BCUT2D eigenvalue weighted by Crippen LogP contribution is 2.05. The van der Waals surface area contributed by atoms with Crippen LogP contribution in [0.3, 0.4) is 0 Å². The van der Waals surface area contributed by atoms with Crippen LogP contribution < -0.4 is 38.9 Å². The second kappa shape index (κ2) is 15.9. The number of rotatable bonds is 18. The number of carbonyl (C=O) groups excluding carboxylic acids is 5. The minimum atomic E-state index is -1.77. The predicted octanol–water partition coefficient (Wildman–Crippen LogP) is -4.40. The van der Waals surface area contributed by atoms with Gasteiger partial charge in [0.1, 0.15) is 18.1 Å². The lowest BCUT2D eigenvalue weighted by molar-refractivity contribution is -0.147. The summed E-state index contributed by atoms with van der Waals surface area (Å²) in [6, 6.07) is -5.89. The Hall–Kier alpha value is -3.79. The summed E-state index contributed by atoms with van der Waals surface area (Å²) in [5.74, 6) is -7.62. The van der Waals surface area contributed by atoms with Gasteiger partial charge in [-0.3, -0.25) is 28.8 Å². The first-order valence-corrected chi connectivity index (χ1v) is 10.7. The van der Waals surface area contributed by atoms with E-state index in [1.54, 1.807) is 0 Å². The summed E-state index contributed by atoms with van der Waals surface area (Å²) in [4.78, 5) is 82.1. The molecule has 4 unspecified atom stereocenters. The average molecular weight is 504 g/mol. The Morgan fingerprint density at radius 2 is 1.23 bits per heavy atom. The van der Waals surface area contributed by atoms with Crippen LogP contribution in [0.2, 0.25) is 0 Å². The highest BCUT2D eigenvalue weighted by molar-refractivity contribution is 5.96. The summed E-state index contributed by atoms with van der Waals surface area (Å²) in [5.41, 5.74) is 21.2. The fourth-order valence-electron chi connectivity index (χ4n) is 2.80. The zero-order valence-corrected chi connectivity index (χ0v) is 19.0. The topological polar surface area (TPSA) is 300 Å². The molecular weight excluding hydrogens is 470 g/mol. The molecule has 0 heterocycles. The Balaban J connectivity index is 5.53. The van der Waals surface area contributed by atoms with E-state index in [-0.39, 0.29) is 25.8 Å². The number of unbranched alkanes of at least 4 members (excludes halogenated alkanes) is 1. The van der Waals surface area contributed by atoms with Crippen molar-refractivity contribution in [2.75, 3.05) is 6.54 Å². The molecule has 0 spiro atoms. The average Bonchev–Trinajstić information content (AvgIpc) is 2.74. The van der Waals surface area contributed by atoms with Crippen LogP contribution in [0.25, 0.3) is 0 Å². The third kappa shape index (κ3) is 13.5. The van der Waals surface area contributed by atoms with E-state index in [1.165, 1.54) is 0 Å². The summed E-state index contributed by atoms with van der Waals surface area (Å²) in [6.45, 7) is 0.266. The first-order valence-electron chi connectivity index (χ1n) is 10.7. The third-order valence-electron chi connectivity index (χ3n) is 4.65. The molecule has 0 fully saturated rings. The van der Waals surface area contributed by atoms with Gasteiger partial charge in [-0.1, -0.05) is 0 Å². The number of primary amides is 2. The van der Waals surface area contributed by atoms with Crippen LogP contribution in [0.4, 0.5) is 0 Å². The zero-order chi connectivity index (χ0) is 27.1. The Labute approximate surface area is 200 Å². The minimum absolute atomic E-state index is 0.0104. The quantitative estimate of drug-likeness (QED) is 0.0804. The van der Waals surface area contributed by atoms with E-state index in [2.05, 4.69) is 10.6 Å². The molecule has 0 aliphatic rings. The number of carboxylic acid groups (broad SMARTS) is 2. The Kier molecular flexibility index (Phi) is 14.2. The molecule has 0 aromatic rings. The number of amides is 5. The number of nitrogens with one attached hydrogen (secondary N) is 3. The maximum Gasteiger partial charge on any atom is 0.326 e. The van der Waals surface area contributed by atoms with Crippen molar-refractivity contribution >= 4 is 41.5 Å². The van der Waals surface area contributed by atoms with E-state index in [9.17, 15) is 33.6 Å². The van der Waals surface area contributed by atoms with Crippen molar-refractivity contribution < 1.29 is 43.8 Å². The molecule has 0 aliphatic heterocycles. The van der Waals surface area contributed by atoms with Gasteiger partial charge in [-0.25, -0.2) is 4.79 Å². The van der Waals surface area contributed by atoms with Gasteiger partial charge in [0.05, 0.1) is 18.9 Å². The first kappa shape index (κ1) is 31.2. The van der Waals surface area contributed by atoms with E-state index < -0.39 is 78.5 Å². The van der Waals surface area contributed by atoms with Gasteiger partial charge in [-0.15, -0.1) is 0 Å². The maximum atomic E-state index is 12.8. The van der Waals surface area contributed by atoms with Gasteiger partial charge in [0.25, 0.3) is 0 Å². The highest BCUT2D eigenvalue weighted by atomic mass is 16.4. The molecule has 198 valence electrons. The molecule has 16 heteroatoms. The van der Waals surface area contributed by atoms with Crippen LogP contribution in [0.1, 0.15) is 44.9 Å². The van der Waals surface area contributed by atoms with Gasteiger partial charge < -0.3 is 49.1 Å². The van der Waals surface area contributed by atoms with Gasteiger partial charge in [0.2, 0.25) is 29.5 Å². The number of carbonyl (C=O) groups is 7. The fourth-order valence-corrected chi connectivity index (χ4v) is 2.80. The van der Waals surface area contributed by atoms with Crippen LogP contribution >= 0.6 is 0 Å². The molecule has 0 radical (unpaired) electrons. The lowest BCUT2D eigenvalue weighted by atomic mass is 10.1. The molecule has 0 saturated carbocycles. The van der Waals surface area contributed by atoms with Crippen molar-refractivity contribution in [2.24, 2.45) is 22.9 Å². The van der Waals surface area contributed by atoms with Gasteiger partial charge in [-0.05, 0) is 32.2 Å². The smallest absolute Gasteiger partial charge is 0.326 e. The van der Waals surface area contributed by atoms with Crippen LogP contribution in [0.15, 0.2) is 0 Å². The van der Waals surface area contributed by atoms with Crippen molar-refractivity contribution in [1.29, 1.82) is 0 Å². The SMILES string of the molecule is NCCCCC(NC(=O)C(CC(N)=O)NC(=O)C(N)CCC(N)=O)C(=O)NC(CC(=O)O)C(=O)O. The van der Waals surface area contributed by atoms with Crippen LogP contribution in [-0.4, -0.2) is 82.4 Å². The molecule has 16 nitrogen and oxygen atoms in total. The minimum Gasteiger partial charge on any atom is -0.481 e. The van der Waals surface area contributed by atoms with Gasteiger partial charge in [0, 0.05) is 6.42 Å². The molecular formula is C19H33N7O9. The summed E-state index contributed by atoms with van der Waals surface area (Å²) in [6.07, 6.45) is -1.13. The monoisotopic (exact) mass is 503 g/mol. The molecule has 0 saturated heterocycles. The Morgan fingerprint density at radius 1 is 0.686 bits per heavy atom. The predicted molar refractivity (Wildman–Crippen MR) is 119 cm³/mol. The number of nitrogens with two attached hydrogens (primary N) is 4. The molecule has 4 atom stereocenters. The van der Waals surface area contributed by atoms with Gasteiger partial charge in [-0.2, -0.15) is 0 Å². The van der Waals surface area contributed by atoms with Crippen molar-refractivity contribution in [2.45, 2.75) is 69.1 Å². The summed E-state index contributed by atoms with van der Waals surface area (Å²) in [7, 11) is 0. The first-order chi connectivity index (χ1) is 16.3. The van der Waals surface area contributed by atoms with Crippen molar-refractivity contribution in [3.05, 3.63) is 0 Å². The summed E-state index contributed by atoms with van der Waals surface area (Å²) < 4.78 is 0. The molecule has 0 rings (SSSR count). The van der Waals surface area contributed by atoms with Crippen LogP contribution in [-0.2, 0) is 33.6 Å². The van der Waals surface area contributed by atoms with E-state index in [0.717, 1.165) is 0 Å². The Bertz CT molecular complexity index is 806. The lowest BCUT2D eigenvalue weighted by Gasteiger charge is -2.24. The van der Waals surface area contributed by atoms with E-state index in [4.69, 9.17) is 33.1 Å². The number of carboxylic acids is 2. The van der Waals surface area contributed by atoms with E-state index in [0.29, 0.717) is 12.8 Å². The third-order valence-corrected chi connectivity index (χ3v) is 4.65. The van der Waals surface area contributed by atoms with Crippen molar-refractivity contribution in [3.63, 3.8) is 0 Å². The molecule has 0 aromatic carbocycles. The van der Waals surface area contributed by atoms with Crippen LogP contribution in [0.5, 0.6) is 0 Å². The number of hydrogen-bond donors (Lipinski definition) is 9. The zero-order valence-electron chi connectivity index (χ0n) is 19.0. The molecule has 13 N–H and O–H groups in total. The van der Waals surface area contributed by atoms with Gasteiger partial charge >= 0.3 is 11.9 Å². The second-order valence-corrected chi connectivity index (χ2v) is 7.69. The molecule has 35 heavy (non-hydrogen) atoms. The molecule has 5 amide bonds. The molecule has 0 aromatic heterocycles. The highest BCUT2D eigenvalue weighted by Gasteiger charge is 2.31. The van der Waals surface area contributed by atoms with E-state index in [1.807, 2.05) is 5.32 Å². The summed E-state index contributed by atoms with van der Waals surface area (Å²) in [5, 5.41) is 24.5. The van der Waals surface area contributed by atoms with Crippen LogP contribution in [0, 0.1) is 0 Å².